The standard InChI is InChI=1S/C17H15BrClF4N3O/c18-11-10(17(21,22)23)7-9-13(12(11)20)24-15(25-14(9)19)27-8-16-3-1-5-26(16)6-2-4-16/h7H,1-6,8H2. The number of aromatic nitrogens is 2. The quantitative estimate of drug-likeness (QED) is 0.458. The van der Waals surface area contributed by atoms with Crippen LogP contribution >= 0.6 is 27.5 Å². The number of fused-ring (bicyclic) bond motifs is 2. The lowest BCUT2D eigenvalue weighted by Crippen LogP contribution is -2.43. The van der Waals surface area contributed by atoms with E-state index in [1.165, 1.54) is 0 Å². The topological polar surface area (TPSA) is 38.2 Å². The monoisotopic (exact) mass is 467 g/mol. The smallest absolute Gasteiger partial charge is 0.417 e. The molecule has 27 heavy (non-hydrogen) atoms. The Morgan fingerprint density at radius 3 is 2.52 bits per heavy atom. The third-order valence-corrected chi connectivity index (χ3v) is 6.45. The molecule has 0 atom stereocenters. The lowest BCUT2D eigenvalue weighted by atomic mass is 9.95. The number of alkyl halides is 3. The summed E-state index contributed by atoms with van der Waals surface area (Å²) in [6.45, 7) is 2.38. The molecular weight excluding hydrogens is 454 g/mol. The predicted octanol–water partition coefficient (Wildman–Crippen LogP) is 5.21. The highest BCUT2D eigenvalue weighted by Gasteiger charge is 2.45. The summed E-state index contributed by atoms with van der Waals surface area (Å²) in [6.07, 6.45) is -0.554. The van der Waals surface area contributed by atoms with Gasteiger partial charge in [-0.25, -0.2) is 4.39 Å². The van der Waals surface area contributed by atoms with Gasteiger partial charge in [0.05, 0.1) is 15.6 Å². The maximum atomic E-state index is 14.5. The van der Waals surface area contributed by atoms with E-state index in [2.05, 4.69) is 30.8 Å². The first-order chi connectivity index (χ1) is 12.7. The minimum Gasteiger partial charge on any atom is -0.461 e. The van der Waals surface area contributed by atoms with Crippen molar-refractivity contribution in [3.8, 4) is 6.01 Å². The second-order valence-corrected chi connectivity index (χ2v) is 8.10. The minimum atomic E-state index is -4.74. The molecule has 2 aromatic rings. The van der Waals surface area contributed by atoms with E-state index in [0.717, 1.165) is 44.8 Å². The molecule has 4 nitrogen and oxygen atoms in total. The molecule has 10 heteroatoms. The van der Waals surface area contributed by atoms with Gasteiger partial charge in [0.25, 0.3) is 0 Å². The van der Waals surface area contributed by atoms with E-state index in [9.17, 15) is 17.6 Å². The van der Waals surface area contributed by atoms with Crippen molar-refractivity contribution >= 4 is 38.4 Å². The average molecular weight is 469 g/mol. The summed E-state index contributed by atoms with van der Waals surface area (Å²) in [5.74, 6) is -1.14. The van der Waals surface area contributed by atoms with E-state index < -0.39 is 22.0 Å². The molecule has 4 rings (SSSR count). The second kappa shape index (κ2) is 6.70. The van der Waals surface area contributed by atoms with Gasteiger partial charge in [0, 0.05) is 5.39 Å². The zero-order chi connectivity index (χ0) is 19.4. The molecule has 2 saturated heterocycles. The fraction of sp³-hybridized carbons (Fsp3) is 0.529. The molecule has 0 saturated carbocycles. The Labute approximate surface area is 166 Å². The van der Waals surface area contributed by atoms with Gasteiger partial charge < -0.3 is 4.74 Å². The zero-order valence-electron chi connectivity index (χ0n) is 14.0. The van der Waals surface area contributed by atoms with Crippen molar-refractivity contribution in [1.82, 2.24) is 14.9 Å². The Balaban J connectivity index is 1.68. The summed E-state index contributed by atoms with van der Waals surface area (Å²) in [5, 5.41) is -0.488. The van der Waals surface area contributed by atoms with Crippen molar-refractivity contribution in [2.45, 2.75) is 37.4 Å². The van der Waals surface area contributed by atoms with Gasteiger partial charge in [-0.2, -0.15) is 23.1 Å². The van der Waals surface area contributed by atoms with Crippen LogP contribution in [-0.4, -0.2) is 40.1 Å². The van der Waals surface area contributed by atoms with Gasteiger partial charge in [-0.15, -0.1) is 0 Å². The van der Waals surface area contributed by atoms with Crippen molar-refractivity contribution in [3.63, 3.8) is 0 Å². The molecule has 0 radical (unpaired) electrons. The maximum Gasteiger partial charge on any atom is 0.417 e. The van der Waals surface area contributed by atoms with Crippen LogP contribution in [0.4, 0.5) is 17.6 Å². The van der Waals surface area contributed by atoms with Crippen LogP contribution in [-0.2, 0) is 6.18 Å². The van der Waals surface area contributed by atoms with Crippen LogP contribution in [0.3, 0.4) is 0 Å². The highest BCUT2D eigenvalue weighted by molar-refractivity contribution is 9.10. The molecule has 0 amide bonds. The third kappa shape index (κ3) is 3.27. The fourth-order valence-electron chi connectivity index (χ4n) is 4.08. The molecule has 0 N–H and O–H groups in total. The summed E-state index contributed by atoms with van der Waals surface area (Å²) in [6, 6.07) is 0.606. The number of rotatable bonds is 3. The minimum absolute atomic E-state index is 0.0654. The van der Waals surface area contributed by atoms with Gasteiger partial charge in [-0.1, -0.05) is 11.6 Å². The number of hydrogen-bond acceptors (Lipinski definition) is 4. The van der Waals surface area contributed by atoms with Crippen molar-refractivity contribution < 1.29 is 22.3 Å². The summed E-state index contributed by atoms with van der Waals surface area (Å²) in [4.78, 5) is 10.3. The molecule has 0 unspecified atom stereocenters. The molecule has 2 aliphatic heterocycles. The predicted molar refractivity (Wildman–Crippen MR) is 95.5 cm³/mol. The first-order valence-electron chi connectivity index (χ1n) is 8.52. The Morgan fingerprint density at radius 1 is 1.22 bits per heavy atom. The molecule has 146 valence electrons. The van der Waals surface area contributed by atoms with E-state index in [1.807, 2.05) is 0 Å². The van der Waals surface area contributed by atoms with Crippen LogP contribution in [0.2, 0.25) is 5.15 Å². The van der Waals surface area contributed by atoms with Gasteiger partial charge >= 0.3 is 12.2 Å². The highest BCUT2D eigenvalue weighted by atomic mass is 79.9. The Morgan fingerprint density at radius 2 is 1.89 bits per heavy atom. The number of ether oxygens (including phenoxy) is 1. The van der Waals surface area contributed by atoms with Gasteiger partial charge in [-0.05, 0) is 60.8 Å². The normalized spacial score (nSPS) is 19.6. The molecule has 2 fully saturated rings. The Hall–Kier alpha value is -1.19. The van der Waals surface area contributed by atoms with Crippen molar-refractivity contribution in [2.24, 2.45) is 0 Å². The molecule has 0 bridgehead atoms. The van der Waals surface area contributed by atoms with Crippen molar-refractivity contribution in [1.29, 1.82) is 0 Å². The molecule has 1 aromatic heterocycles. The SMILES string of the molecule is Fc1c(Br)c(C(F)(F)F)cc2c(Cl)nc(OCC34CCCN3CCC4)nc12. The van der Waals surface area contributed by atoms with Crippen LogP contribution < -0.4 is 4.74 Å². The first-order valence-corrected chi connectivity index (χ1v) is 9.69. The summed E-state index contributed by atoms with van der Waals surface area (Å²) >= 11 is 8.69. The van der Waals surface area contributed by atoms with Crippen LogP contribution in [0.5, 0.6) is 6.01 Å². The number of halogens is 6. The van der Waals surface area contributed by atoms with Gasteiger partial charge in [-0.3, -0.25) is 4.90 Å². The third-order valence-electron chi connectivity index (χ3n) is 5.39. The van der Waals surface area contributed by atoms with Gasteiger partial charge in [0.15, 0.2) is 5.82 Å². The molecule has 3 heterocycles. The van der Waals surface area contributed by atoms with Crippen molar-refractivity contribution in [2.75, 3.05) is 19.7 Å². The number of hydrogen-bond donors (Lipinski definition) is 0. The van der Waals surface area contributed by atoms with E-state index in [4.69, 9.17) is 16.3 Å². The highest BCUT2D eigenvalue weighted by Crippen LogP contribution is 2.41. The first kappa shape index (κ1) is 19.1. The van der Waals surface area contributed by atoms with E-state index in [-0.39, 0.29) is 27.6 Å². The van der Waals surface area contributed by atoms with Gasteiger partial charge in [0.1, 0.15) is 17.3 Å². The Kier molecular flexibility index (Phi) is 4.75. The van der Waals surface area contributed by atoms with Gasteiger partial charge in [0.2, 0.25) is 0 Å². The van der Waals surface area contributed by atoms with Crippen LogP contribution in [0, 0.1) is 5.82 Å². The lowest BCUT2D eigenvalue weighted by molar-refractivity contribution is -0.138. The number of benzene rings is 1. The summed E-state index contributed by atoms with van der Waals surface area (Å²) in [7, 11) is 0. The maximum absolute atomic E-state index is 14.5. The second-order valence-electron chi connectivity index (χ2n) is 6.95. The lowest BCUT2D eigenvalue weighted by Gasteiger charge is -2.31. The molecule has 0 aliphatic carbocycles. The fourth-order valence-corrected chi connectivity index (χ4v) is 4.82. The number of nitrogens with zero attached hydrogens (tertiary/aromatic N) is 3. The summed E-state index contributed by atoms with van der Waals surface area (Å²) in [5.41, 5.74) is -1.54. The molecular formula is C17H15BrClF4N3O. The Bertz CT molecular complexity index is 898. The van der Waals surface area contributed by atoms with Crippen LogP contribution in [0.1, 0.15) is 31.2 Å². The largest absolute Gasteiger partial charge is 0.461 e. The van der Waals surface area contributed by atoms with E-state index >= 15 is 0 Å². The average Bonchev–Trinajstić information content (AvgIpc) is 3.15. The van der Waals surface area contributed by atoms with E-state index in [0.29, 0.717) is 6.61 Å². The van der Waals surface area contributed by atoms with Crippen molar-refractivity contribution in [3.05, 3.63) is 27.1 Å². The molecule has 0 spiro atoms. The zero-order valence-corrected chi connectivity index (χ0v) is 16.4. The van der Waals surface area contributed by atoms with Crippen LogP contribution in [0.25, 0.3) is 10.9 Å². The van der Waals surface area contributed by atoms with E-state index in [1.54, 1.807) is 0 Å². The molecule has 2 aliphatic rings. The molecule has 1 aromatic carbocycles. The van der Waals surface area contributed by atoms with Crippen LogP contribution in [0.15, 0.2) is 10.5 Å². The summed E-state index contributed by atoms with van der Waals surface area (Å²) < 4.78 is 58.8.